The molecule has 0 aromatic carbocycles. The molecule has 2 aromatic heterocycles. The fourth-order valence-corrected chi connectivity index (χ4v) is 2.12. The number of hydrogen-bond donors (Lipinski definition) is 2. The fourth-order valence-electron chi connectivity index (χ4n) is 1.36. The molecule has 0 saturated carbocycles. The highest BCUT2D eigenvalue weighted by Crippen LogP contribution is 2.15. The average molecular weight is 282 g/mol. The van der Waals surface area contributed by atoms with Gasteiger partial charge in [0.1, 0.15) is 0 Å². The van der Waals surface area contributed by atoms with Gasteiger partial charge in [-0.1, -0.05) is 0 Å². The molecule has 0 spiro atoms. The predicted octanol–water partition coefficient (Wildman–Crippen LogP) is 0.552. The van der Waals surface area contributed by atoms with E-state index in [1.165, 1.54) is 12.0 Å². The lowest BCUT2D eigenvalue weighted by atomic mass is 10.3. The van der Waals surface area contributed by atoms with Gasteiger partial charge in [0.05, 0.1) is 24.9 Å². The van der Waals surface area contributed by atoms with Gasteiger partial charge in [-0.25, -0.2) is 10.8 Å². The van der Waals surface area contributed by atoms with Gasteiger partial charge in [0.15, 0.2) is 0 Å². The van der Waals surface area contributed by atoms with Crippen molar-refractivity contribution < 1.29 is 9.47 Å². The van der Waals surface area contributed by atoms with E-state index in [4.69, 9.17) is 15.3 Å². The van der Waals surface area contributed by atoms with Gasteiger partial charge in [-0.05, 0) is 6.92 Å². The molecule has 0 radical (unpaired) electrons. The molecular weight excluding hydrogens is 268 g/mol. The summed E-state index contributed by atoms with van der Waals surface area (Å²) in [5, 5.41) is 0. The van der Waals surface area contributed by atoms with Crippen molar-refractivity contribution in [3.05, 3.63) is 16.1 Å². The number of nitrogen functional groups attached to an aromatic ring is 1. The molecule has 0 aliphatic heterocycles. The first kappa shape index (κ1) is 13.4. The third kappa shape index (κ3) is 3.48. The van der Waals surface area contributed by atoms with Crippen molar-refractivity contribution in [1.82, 2.24) is 19.9 Å². The van der Waals surface area contributed by atoms with E-state index in [0.29, 0.717) is 6.61 Å². The number of hydrazine groups is 1. The molecule has 0 atom stereocenters. The van der Waals surface area contributed by atoms with Crippen molar-refractivity contribution >= 4 is 17.3 Å². The lowest BCUT2D eigenvalue weighted by Gasteiger charge is -2.06. The van der Waals surface area contributed by atoms with Crippen LogP contribution in [0.4, 0.5) is 5.95 Å². The number of rotatable bonds is 6. The normalized spacial score (nSPS) is 10.3. The fraction of sp³-hybridized carbons (Fsp3) is 0.400. The Labute approximate surface area is 114 Å². The molecule has 2 rings (SSSR count). The maximum atomic E-state index is 5.46. The zero-order valence-electron chi connectivity index (χ0n) is 10.6. The summed E-state index contributed by atoms with van der Waals surface area (Å²) in [6.07, 6.45) is 0.746. The van der Waals surface area contributed by atoms with Gasteiger partial charge in [-0.2, -0.15) is 9.97 Å². The van der Waals surface area contributed by atoms with Crippen LogP contribution in [0.25, 0.3) is 0 Å². The van der Waals surface area contributed by atoms with Crippen LogP contribution in [0.3, 0.4) is 0 Å². The van der Waals surface area contributed by atoms with Crippen LogP contribution in [-0.2, 0) is 6.42 Å². The van der Waals surface area contributed by atoms with Crippen LogP contribution >= 0.6 is 11.3 Å². The summed E-state index contributed by atoms with van der Waals surface area (Å²) >= 11 is 1.60. The van der Waals surface area contributed by atoms with Crippen molar-refractivity contribution in [3.63, 3.8) is 0 Å². The van der Waals surface area contributed by atoms with Crippen molar-refractivity contribution in [1.29, 1.82) is 0 Å². The zero-order chi connectivity index (χ0) is 13.7. The first-order valence-electron chi connectivity index (χ1n) is 5.51. The Bertz CT molecular complexity index is 524. The van der Waals surface area contributed by atoms with Gasteiger partial charge in [0.25, 0.3) is 0 Å². The summed E-state index contributed by atoms with van der Waals surface area (Å²) in [4.78, 5) is 17.2. The largest absolute Gasteiger partial charge is 0.467 e. The maximum absolute atomic E-state index is 5.46. The predicted molar refractivity (Wildman–Crippen MR) is 70.2 cm³/mol. The number of anilines is 1. The Morgan fingerprint density at radius 2 is 2.11 bits per heavy atom. The van der Waals surface area contributed by atoms with Crippen molar-refractivity contribution in [2.45, 2.75) is 13.3 Å². The Hall–Kier alpha value is -2.00. The van der Waals surface area contributed by atoms with E-state index in [-0.39, 0.29) is 18.0 Å². The number of nitrogens with one attached hydrogen (secondary N) is 1. The second-order valence-corrected chi connectivity index (χ2v) is 4.47. The van der Waals surface area contributed by atoms with Crippen LogP contribution < -0.4 is 20.7 Å². The highest BCUT2D eigenvalue weighted by atomic mass is 32.1. The summed E-state index contributed by atoms with van der Waals surface area (Å²) < 4.78 is 10.4. The third-order valence-corrected chi connectivity index (χ3v) is 3.31. The van der Waals surface area contributed by atoms with Gasteiger partial charge in [0.2, 0.25) is 5.95 Å². The summed E-state index contributed by atoms with van der Waals surface area (Å²) in [7, 11) is 1.46. The van der Waals surface area contributed by atoms with Gasteiger partial charge < -0.3 is 9.47 Å². The summed E-state index contributed by atoms with van der Waals surface area (Å²) in [6.45, 7) is 2.41. The number of nitrogens with zero attached hydrogens (tertiary/aromatic N) is 4. The number of thiazole rings is 1. The van der Waals surface area contributed by atoms with E-state index in [9.17, 15) is 0 Å². The average Bonchev–Trinajstić information content (AvgIpc) is 2.84. The molecule has 102 valence electrons. The van der Waals surface area contributed by atoms with Crippen molar-refractivity contribution in [2.24, 2.45) is 5.84 Å². The molecule has 0 saturated heterocycles. The second kappa shape index (κ2) is 6.25. The van der Waals surface area contributed by atoms with E-state index in [2.05, 4.69) is 25.4 Å². The lowest BCUT2D eigenvalue weighted by molar-refractivity contribution is 0.285. The van der Waals surface area contributed by atoms with Crippen LogP contribution in [-0.4, -0.2) is 33.7 Å². The highest BCUT2D eigenvalue weighted by molar-refractivity contribution is 7.09. The molecule has 0 aliphatic carbocycles. The van der Waals surface area contributed by atoms with Gasteiger partial charge in [0, 0.05) is 11.3 Å². The van der Waals surface area contributed by atoms with Crippen LogP contribution in [0.1, 0.15) is 10.6 Å². The number of ether oxygens (including phenoxy) is 2. The van der Waals surface area contributed by atoms with Crippen LogP contribution in [0.5, 0.6) is 12.0 Å². The molecule has 0 bridgehead atoms. The smallest absolute Gasteiger partial charge is 0.324 e. The first-order chi connectivity index (χ1) is 9.22. The van der Waals surface area contributed by atoms with Gasteiger partial charge in [-0.3, -0.25) is 5.43 Å². The number of hydrogen-bond acceptors (Lipinski definition) is 9. The van der Waals surface area contributed by atoms with Crippen LogP contribution in [0.15, 0.2) is 5.51 Å². The standard InChI is InChI=1S/C10H14N6O2S/c1-6-7(19-5-12-6)3-4-18-10-14-8(16-11)13-9(15-10)17-2/h5H,3-4,11H2,1-2H3,(H,13,14,15,16). The Balaban J connectivity index is 1.97. The minimum Gasteiger partial charge on any atom is -0.467 e. The van der Waals surface area contributed by atoms with E-state index < -0.39 is 0 Å². The first-order valence-corrected chi connectivity index (χ1v) is 6.39. The quantitative estimate of drug-likeness (QED) is 0.584. The molecule has 0 fully saturated rings. The number of nitrogens with two attached hydrogens (primary N) is 1. The van der Waals surface area contributed by atoms with E-state index in [0.717, 1.165) is 12.1 Å². The lowest BCUT2D eigenvalue weighted by Crippen LogP contribution is -2.13. The molecule has 0 aliphatic rings. The Morgan fingerprint density at radius 3 is 2.74 bits per heavy atom. The topological polar surface area (TPSA) is 108 Å². The minimum absolute atomic E-state index is 0.145. The molecule has 0 amide bonds. The molecule has 19 heavy (non-hydrogen) atoms. The molecule has 2 heterocycles. The van der Waals surface area contributed by atoms with E-state index >= 15 is 0 Å². The number of aromatic nitrogens is 4. The molecule has 0 unspecified atom stereocenters. The number of methoxy groups -OCH3 is 1. The molecule has 9 heteroatoms. The highest BCUT2D eigenvalue weighted by Gasteiger charge is 2.08. The monoisotopic (exact) mass is 282 g/mol. The molecular formula is C10H14N6O2S. The summed E-state index contributed by atoms with van der Waals surface area (Å²) in [5.74, 6) is 5.44. The minimum atomic E-state index is 0.145. The van der Waals surface area contributed by atoms with Crippen LogP contribution in [0.2, 0.25) is 0 Å². The van der Waals surface area contributed by atoms with Gasteiger partial charge in [-0.15, -0.1) is 16.3 Å². The number of aryl methyl sites for hydroxylation is 1. The second-order valence-electron chi connectivity index (χ2n) is 3.53. The Kier molecular flexibility index (Phi) is 4.42. The SMILES string of the molecule is COc1nc(NN)nc(OCCc2scnc2C)n1. The Morgan fingerprint density at radius 1 is 1.32 bits per heavy atom. The van der Waals surface area contributed by atoms with E-state index in [1.807, 2.05) is 12.4 Å². The molecule has 8 nitrogen and oxygen atoms in total. The van der Waals surface area contributed by atoms with Crippen molar-refractivity contribution in [2.75, 3.05) is 19.1 Å². The molecule has 3 N–H and O–H groups in total. The van der Waals surface area contributed by atoms with Crippen molar-refractivity contribution in [3.8, 4) is 12.0 Å². The third-order valence-electron chi connectivity index (χ3n) is 2.31. The van der Waals surface area contributed by atoms with E-state index in [1.54, 1.807) is 11.3 Å². The summed E-state index contributed by atoms with van der Waals surface area (Å²) in [5.41, 5.74) is 5.16. The summed E-state index contributed by atoms with van der Waals surface area (Å²) in [6, 6.07) is 0.314. The molecule has 2 aromatic rings. The van der Waals surface area contributed by atoms with Crippen LogP contribution in [0, 0.1) is 6.92 Å². The maximum Gasteiger partial charge on any atom is 0.324 e. The van der Waals surface area contributed by atoms with Gasteiger partial charge >= 0.3 is 12.0 Å². The zero-order valence-corrected chi connectivity index (χ0v) is 11.4.